The molecule has 1 heterocycles. The van der Waals surface area contributed by atoms with Crippen molar-refractivity contribution in [1.29, 1.82) is 0 Å². The smallest absolute Gasteiger partial charge is 0.382 e. The van der Waals surface area contributed by atoms with Gasteiger partial charge in [0.05, 0.1) is 11.5 Å². The molecule has 0 aliphatic rings. The van der Waals surface area contributed by atoms with Crippen LogP contribution < -0.4 is 5.73 Å². The lowest BCUT2D eigenvalue weighted by atomic mass is 9.97. The van der Waals surface area contributed by atoms with Crippen LogP contribution in [0.3, 0.4) is 0 Å². The lowest BCUT2D eigenvalue weighted by Crippen LogP contribution is -2.31. The molecule has 104 valence electrons. The minimum absolute atomic E-state index is 0.0908. The first kappa shape index (κ1) is 15.4. The lowest BCUT2D eigenvalue weighted by molar-refractivity contribution is -0.137. The van der Waals surface area contributed by atoms with Crippen molar-refractivity contribution in [1.82, 2.24) is 4.98 Å². The first-order valence-electron chi connectivity index (χ1n) is 5.28. The van der Waals surface area contributed by atoms with E-state index in [0.717, 1.165) is 6.20 Å². The first-order valence-corrected chi connectivity index (χ1v) is 6.10. The molecule has 1 aromatic rings. The van der Waals surface area contributed by atoms with E-state index < -0.39 is 16.8 Å². The number of halogens is 3. The van der Waals surface area contributed by atoms with E-state index in [1.807, 2.05) is 0 Å². The van der Waals surface area contributed by atoms with E-state index in [2.05, 4.69) is 4.98 Å². The van der Waals surface area contributed by atoms with Crippen LogP contribution in [0.5, 0.6) is 0 Å². The molecule has 0 aliphatic heterocycles. The van der Waals surface area contributed by atoms with Crippen molar-refractivity contribution in [3.63, 3.8) is 0 Å². The Morgan fingerprint density at radius 1 is 1.50 bits per heavy atom. The zero-order valence-electron chi connectivity index (χ0n) is 9.83. The van der Waals surface area contributed by atoms with Gasteiger partial charge in [0.2, 0.25) is 0 Å². The Hall–Kier alpha value is -0.700. The maximum absolute atomic E-state index is 12.4. The predicted molar refractivity (Wildman–Crippen MR) is 61.2 cm³/mol. The fourth-order valence-corrected chi connectivity index (χ4v) is 2.41. The van der Waals surface area contributed by atoms with Gasteiger partial charge in [0.15, 0.2) is 5.01 Å². The minimum atomic E-state index is -4.50. The maximum Gasteiger partial charge on any atom is 0.443 e. The summed E-state index contributed by atoms with van der Waals surface area (Å²) in [5, 5.41) is 9.34. The number of hydrogen-bond donors (Lipinski definition) is 2. The second-order valence-corrected chi connectivity index (χ2v) is 4.91. The summed E-state index contributed by atoms with van der Waals surface area (Å²) in [6.45, 7) is 0.253. The number of methoxy groups -OCH3 is 1. The van der Waals surface area contributed by atoms with Crippen LogP contribution in [-0.2, 0) is 16.5 Å². The van der Waals surface area contributed by atoms with E-state index in [0.29, 0.717) is 24.3 Å². The van der Waals surface area contributed by atoms with Crippen LogP contribution >= 0.6 is 11.3 Å². The van der Waals surface area contributed by atoms with Gasteiger partial charge in [-0.15, -0.1) is 11.3 Å². The highest BCUT2D eigenvalue weighted by atomic mass is 32.1. The van der Waals surface area contributed by atoms with Gasteiger partial charge in [-0.2, -0.15) is 13.2 Å². The second kappa shape index (κ2) is 5.96. The number of nitrogens with two attached hydrogens (primary N) is 1. The molecule has 4 nitrogen and oxygen atoms in total. The highest BCUT2D eigenvalue weighted by Gasteiger charge is 2.38. The summed E-state index contributed by atoms with van der Waals surface area (Å²) in [6, 6.07) is 0. The molecule has 1 atom stereocenters. The monoisotopic (exact) mass is 284 g/mol. The number of rotatable bonds is 6. The number of nitrogens with zero attached hydrogens (tertiary/aromatic N) is 1. The van der Waals surface area contributed by atoms with Gasteiger partial charge in [0.25, 0.3) is 0 Å². The summed E-state index contributed by atoms with van der Waals surface area (Å²) in [4.78, 5) is 3.43. The second-order valence-electron chi connectivity index (χ2n) is 3.88. The van der Waals surface area contributed by atoms with E-state index in [1.54, 1.807) is 0 Å². The number of alkyl halides is 3. The summed E-state index contributed by atoms with van der Waals surface area (Å²) in [6.07, 6.45) is -2.73. The fraction of sp³-hybridized carbons (Fsp3) is 0.700. The highest BCUT2D eigenvalue weighted by Crippen LogP contribution is 2.37. The van der Waals surface area contributed by atoms with Crippen LogP contribution in [0.4, 0.5) is 13.2 Å². The third-order valence-corrected chi connectivity index (χ3v) is 3.62. The first-order chi connectivity index (χ1) is 8.33. The zero-order valence-corrected chi connectivity index (χ0v) is 10.6. The Morgan fingerprint density at radius 3 is 2.61 bits per heavy atom. The Kier molecular flexibility index (Phi) is 5.09. The number of aliphatic hydroxyl groups is 1. The summed E-state index contributed by atoms with van der Waals surface area (Å²) in [5.41, 5.74) is 3.88. The van der Waals surface area contributed by atoms with Crippen LogP contribution in [0.2, 0.25) is 0 Å². The molecule has 0 spiro atoms. The zero-order chi connectivity index (χ0) is 13.8. The molecule has 0 aliphatic carbocycles. The molecule has 0 amide bonds. The SMILES string of the molecule is COCC(O)(CCCN)c1cnc(C(F)(F)F)s1. The van der Waals surface area contributed by atoms with E-state index in [1.165, 1.54) is 7.11 Å². The topological polar surface area (TPSA) is 68.4 Å². The Balaban J connectivity index is 2.95. The van der Waals surface area contributed by atoms with Crippen molar-refractivity contribution in [2.45, 2.75) is 24.6 Å². The largest absolute Gasteiger partial charge is 0.443 e. The van der Waals surface area contributed by atoms with Gasteiger partial charge in [-0.05, 0) is 19.4 Å². The number of ether oxygens (including phenoxy) is 1. The number of thiazole rings is 1. The predicted octanol–water partition coefficient (Wildman–Crippen LogP) is 1.73. The average Bonchev–Trinajstić information content (AvgIpc) is 2.76. The third kappa shape index (κ3) is 3.64. The van der Waals surface area contributed by atoms with E-state index in [4.69, 9.17) is 10.5 Å². The van der Waals surface area contributed by atoms with Crippen molar-refractivity contribution >= 4 is 11.3 Å². The highest BCUT2D eigenvalue weighted by molar-refractivity contribution is 7.11. The molecule has 0 fully saturated rings. The molecule has 0 bridgehead atoms. The maximum atomic E-state index is 12.4. The number of aromatic nitrogens is 1. The molecule has 18 heavy (non-hydrogen) atoms. The van der Waals surface area contributed by atoms with Gasteiger partial charge in [-0.25, -0.2) is 4.98 Å². The van der Waals surface area contributed by atoms with E-state index in [9.17, 15) is 18.3 Å². The quantitative estimate of drug-likeness (QED) is 0.835. The third-order valence-electron chi connectivity index (χ3n) is 2.38. The molecule has 1 rings (SSSR count). The molecule has 8 heteroatoms. The molecular formula is C10H15F3N2O2S. The van der Waals surface area contributed by atoms with Crippen LogP contribution in [0.25, 0.3) is 0 Å². The van der Waals surface area contributed by atoms with Gasteiger partial charge in [-0.3, -0.25) is 0 Å². The molecule has 1 aromatic heterocycles. The van der Waals surface area contributed by atoms with Crippen LogP contribution in [0.15, 0.2) is 6.20 Å². The normalized spacial score (nSPS) is 15.7. The number of hydrogen-bond acceptors (Lipinski definition) is 5. The lowest BCUT2D eigenvalue weighted by Gasteiger charge is -2.25. The van der Waals surface area contributed by atoms with E-state index in [-0.39, 0.29) is 17.9 Å². The van der Waals surface area contributed by atoms with Gasteiger partial charge in [0, 0.05) is 13.3 Å². The molecule has 0 aromatic carbocycles. The van der Waals surface area contributed by atoms with Crippen molar-refractivity contribution in [3.8, 4) is 0 Å². The average molecular weight is 284 g/mol. The van der Waals surface area contributed by atoms with Gasteiger partial charge in [0.1, 0.15) is 5.60 Å². The van der Waals surface area contributed by atoms with Crippen molar-refractivity contribution < 1.29 is 23.0 Å². The Bertz CT molecular complexity index is 383. The van der Waals surface area contributed by atoms with E-state index >= 15 is 0 Å². The summed E-state index contributed by atoms with van der Waals surface area (Å²) < 4.78 is 42.2. The molecule has 0 saturated heterocycles. The molecular weight excluding hydrogens is 269 g/mol. The molecule has 3 N–H and O–H groups in total. The van der Waals surface area contributed by atoms with Crippen molar-refractivity contribution in [2.75, 3.05) is 20.3 Å². The standard InChI is InChI=1S/C10H15F3N2O2S/c1-17-6-9(16,3-2-4-14)7-5-15-8(18-7)10(11,12)13/h5,16H,2-4,6,14H2,1H3. The van der Waals surface area contributed by atoms with Gasteiger partial charge >= 0.3 is 6.18 Å². The molecule has 0 radical (unpaired) electrons. The van der Waals surface area contributed by atoms with Gasteiger partial charge in [-0.1, -0.05) is 0 Å². The van der Waals surface area contributed by atoms with Crippen molar-refractivity contribution in [2.24, 2.45) is 5.73 Å². The minimum Gasteiger partial charge on any atom is -0.382 e. The van der Waals surface area contributed by atoms with Crippen LogP contribution in [0, 0.1) is 0 Å². The summed E-state index contributed by atoms with van der Waals surface area (Å²) in [7, 11) is 1.37. The van der Waals surface area contributed by atoms with Crippen molar-refractivity contribution in [3.05, 3.63) is 16.1 Å². The summed E-state index contributed by atoms with van der Waals surface area (Å²) >= 11 is 0.430. The van der Waals surface area contributed by atoms with Crippen LogP contribution in [-0.4, -0.2) is 30.4 Å². The Labute approximate surface area is 107 Å². The van der Waals surface area contributed by atoms with Gasteiger partial charge < -0.3 is 15.6 Å². The van der Waals surface area contributed by atoms with Crippen LogP contribution in [0.1, 0.15) is 22.7 Å². The molecule has 1 unspecified atom stereocenters. The molecule has 0 saturated carbocycles. The fourth-order valence-electron chi connectivity index (χ4n) is 1.52. The summed E-state index contributed by atoms with van der Waals surface area (Å²) in [5.74, 6) is 0. The Morgan fingerprint density at radius 2 is 2.17 bits per heavy atom.